The minimum Gasteiger partial charge on any atom is -0.497 e. The van der Waals surface area contributed by atoms with Gasteiger partial charge in [-0.25, -0.2) is 0 Å². The van der Waals surface area contributed by atoms with Crippen LogP contribution in [0.15, 0.2) is 39.7 Å². The molecular formula is C15H21NO5. The molecule has 6 nitrogen and oxygen atoms in total. The third kappa shape index (κ3) is 4.86. The van der Waals surface area contributed by atoms with Crippen LogP contribution in [0.2, 0.25) is 0 Å². The molecule has 0 saturated carbocycles. The van der Waals surface area contributed by atoms with E-state index < -0.39 is 0 Å². The number of hydrogen-bond acceptors (Lipinski definition) is 6. The van der Waals surface area contributed by atoms with Crippen LogP contribution in [0.1, 0.15) is 0 Å². The molecule has 1 aromatic carbocycles. The molecule has 0 bridgehead atoms. The number of rotatable bonds is 4. The Morgan fingerprint density at radius 3 is 2.24 bits per heavy atom. The van der Waals surface area contributed by atoms with Gasteiger partial charge in [0.15, 0.2) is 5.43 Å². The van der Waals surface area contributed by atoms with Gasteiger partial charge in [0, 0.05) is 26.4 Å². The fourth-order valence-electron chi connectivity index (χ4n) is 1.71. The Kier molecular flexibility index (Phi) is 6.87. The van der Waals surface area contributed by atoms with Gasteiger partial charge in [0.05, 0.1) is 18.8 Å². The molecule has 0 aliphatic heterocycles. The maximum Gasteiger partial charge on any atom is 0.217 e. The highest BCUT2D eigenvalue weighted by atomic mass is 16.7. The van der Waals surface area contributed by atoms with Crippen molar-refractivity contribution in [2.75, 3.05) is 35.4 Å². The molecule has 116 valence electrons. The van der Waals surface area contributed by atoms with Gasteiger partial charge in [0.1, 0.15) is 11.3 Å². The smallest absolute Gasteiger partial charge is 0.217 e. The quantitative estimate of drug-likeness (QED) is 0.803. The van der Waals surface area contributed by atoms with Crippen LogP contribution in [0.5, 0.6) is 5.75 Å². The van der Waals surface area contributed by atoms with Crippen molar-refractivity contribution in [2.45, 2.75) is 6.41 Å². The first-order chi connectivity index (χ1) is 10.0. The summed E-state index contributed by atoms with van der Waals surface area (Å²) in [6.45, 7) is 0. The normalized spacial score (nSPS) is 10.6. The first kappa shape index (κ1) is 17.2. The van der Waals surface area contributed by atoms with Gasteiger partial charge in [-0.3, -0.25) is 9.69 Å². The highest BCUT2D eigenvalue weighted by molar-refractivity contribution is 5.77. The molecule has 1 aromatic heterocycles. The Morgan fingerprint density at radius 2 is 1.76 bits per heavy atom. The van der Waals surface area contributed by atoms with Gasteiger partial charge in [0.25, 0.3) is 0 Å². The second-order valence-corrected chi connectivity index (χ2v) is 4.39. The lowest BCUT2D eigenvalue weighted by atomic mass is 10.2. The third-order valence-electron chi connectivity index (χ3n) is 2.69. The highest BCUT2D eigenvalue weighted by Gasteiger charge is 2.04. The van der Waals surface area contributed by atoms with E-state index in [-0.39, 0.29) is 11.8 Å². The fourth-order valence-corrected chi connectivity index (χ4v) is 1.71. The third-order valence-corrected chi connectivity index (χ3v) is 2.69. The van der Waals surface area contributed by atoms with Crippen molar-refractivity contribution < 1.29 is 18.6 Å². The highest BCUT2D eigenvalue weighted by Crippen LogP contribution is 2.17. The van der Waals surface area contributed by atoms with Crippen molar-refractivity contribution in [3.05, 3.63) is 40.8 Å². The number of hydrogen-bond donors (Lipinski definition) is 0. The predicted octanol–water partition coefficient (Wildman–Crippen LogP) is 1.93. The maximum atomic E-state index is 11.3. The van der Waals surface area contributed by atoms with Gasteiger partial charge in [-0.1, -0.05) is 0 Å². The molecule has 0 spiro atoms. The van der Waals surface area contributed by atoms with Gasteiger partial charge < -0.3 is 18.6 Å². The molecule has 0 radical (unpaired) electrons. The summed E-state index contributed by atoms with van der Waals surface area (Å²) < 4.78 is 19.9. The Balaban J connectivity index is 0.000000240. The molecule has 6 heteroatoms. The van der Waals surface area contributed by atoms with Crippen molar-refractivity contribution in [1.29, 1.82) is 0 Å². The molecule has 0 saturated heterocycles. The molecule has 2 rings (SSSR count). The van der Waals surface area contributed by atoms with Crippen LogP contribution in [0.3, 0.4) is 0 Å². The molecule has 0 aliphatic carbocycles. The molecular weight excluding hydrogens is 274 g/mol. The van der Waals surface area contributed by atoms with E-state index >= 15 is 0 Å². The van der Waals surface area contributed by atoms with Crippen molar-refractivity contribution in [3.63, 3.8) is 0 Å². The summed E-state index contributed by atoms with van der Waals surface area (Å²) in [5, 5.41) is 0.573. The van der Waals surface area contributed by atoms with Gasteiger partial charge in [0.2, 0.25) is 6.41 Å². The van der Waals surface area contributed by atoms with E-state index in [1.165, 1.54) is 12.3 Å². The molecule has 0 aliphatic rings. The average Bonchev–Trinajstić information content (AvgIpc) is 2.48. The van der Waals surface area contributed by atoms with Crippen molar-refractivity contribution in [3.8, 4) is 5.75 Å². The summed E-state index contributed by atoms with van der Waals surface area (Å²) in [6.07, 6.45) is 1.17. The van der Waals surface area contributed by atoms with E-state index in [9.17, 15) is 4.79 Å². The monoisotopic (exact) mass is 295 g/mol. The van der Waals surface area contributed by atoms with Crippen LogP contribution in [0.25, 0.3) is 11.0 Å². The average molecular weight is 295 g/mol. The largest absolute Gasteiger partial charge is 0.497 e. The van der Waals surface area contributed by atoms with Crippen molar-refractivity contribution >= 4 is 11.0 Å². The number of methoxy groups -OCH3 is 3. The Labute approximate surface area is 123 Å². The topological polar surface area (TPSA) is 61.1 Å². The molecule has 2 aromatic rings. The zero-order valence-corrected chi connectivity index (χ0v) is 13.0. The lowest BCUT2D eigenvalue weighted by Crippen LogP contribution is -2.30. The first-order valence-corrected chi connectivity index (χ1v) is 6.31. The van der Waals surface area contributed by atoms with E-state index in [2.05, 4.69) is 0 Å². The molecule has 1 heterocycles. The summed E-state index contributed by atoms with van der Waals surface area (Å²) in [5.41, 5.74) is 0.510. The lowest BCUT2D eigenvalue weighted by Gasteiger charge is -2.19. The summed E-state index contributed by atoms with van der Waals surface area (Å²) in [5.74, 6) is 0.682. The molecule has 21 heavy (non-hydrogen) atoms. The molecule has 0 fully saturated rings. The Morgan fingerprint density at radius 1 is 1.10 bits per heavy atom. The Bertz CT molecular complexity index is 604. The fraction of sp³-hybridized carbons (Fsp3) is 0.400. The van der Waals surface area contributed by atoms with Gasteiger partial charge in [-0.2, -0.15) is 0 Å². The number of ether oxygens (including phenoxy) is 3. The summed E-state index contributed by atoms with van der Waals surface area (Å²) in [7, 11) is 8.56. The van der Waals surface area contributed by atoms with E-state index in [4.69, 9.17) is 18.6 Å². The number of benzene rings is 1. The van der Waals surface area contributed by atoms with E-state index in [0.29, 0.717) is 16.7 Å². The van der Waals surface area contributed by atoms with Crippen molar-refractivity contribution in [2.24, 2.45) is 0 Å². The Hall–Kier alpha value is -1.89. The molecule has 0 amide bonds. The van der Waals surface area contributed by atoms with E-state index in [0.717, 1.165) is 0 Å². The van der Waals surface area contributed by atoms with E-state index in [1.807, 2.05) is 19.0 Å². The van der Waals surface area contributed by atoms with Crippen LogP contribution < -0.4 is 10.2 Å². The van der Waals surface area contributed by atoms with Crippen LogP contribution in [-0.2, 0) is 9.47 Å². The zero-order chi connectivity index (χ0) is 15.8. The van der Waals surface area contributed by atoms with Crippen molar-refractivity contribution in [1.82, 2.24) is 4.90 Å². The summed E-state index contributed by atoms with van der Waals surface area (Å²) >= 11 is 0. The van der Waals surface area contributed by atoms with Gasteiger partial charge in [-0.05, 0) is 26.2 Å². The second-order valence-electron chi connectivity index (χ2n) is 4.39. The number of nitrogens with zero attached hydrogens (tertiary/aromatic N) is 1. The second kappa shape index (κ2) is 8.41. The van der Waals surface area contributed by atoms with Gasteiger partial charge >= 0.3 is 0 Å². The van der Waals surface area contributed by atoms with Gasteiger partial charge in [-0.15, -0.1) is 0 Å². The van der Waals surface area contributed by atoms with Crippen LogP contribution in [-0.4, -0.2) is 46.7 Å². The standard InChI is InChI=1S/C10H8O3.C5H13NO2/c1-12-7-2-3-8-9(11)4-5-13-10(8)6-7;1-6(2)5(7-3)8-4/h2-6H,1H3;5H,1-4H3. The first-order valence-electron chi connectivity index (χ1n) is 6.31. The van der Waals surface area contributed by atoms with Crippen LogP contribution >= 0.6 is 0 Å². The lowest BCUT2D eigenvalue weighted by molar-refractivity contribution is -0.179. The SMILES string of the molecule is COC(OC)N(C)C.COc1ccc2c(=O)ccoc2c1. The maximum absolute atomic E-state index is 11.3. The molecule has 0 unspecified atom stereocenters. The minimum atomic E-state index is -0.213. The minimum absolute atomic E-state index is 0.0381. The summed E-state index contributed by atoms with van der Waals surface area (Å²) in [6, 6.07) is 6.52. The number of fused-ring (bicyclic) bond motifs is 1. The molecule has 0 atom stereocenters. The van der Waals surface area contributed by atoms with Crippen LogP contribution in [0.4, 0.5) is 0 Å². The molecule has 0 N–H and O–H groups in total. The predicted molar refractivity (Wildman–Crippen MR) is 80.5 cm³/mol. The zero-order valence-electron chi connectivity index (χ0n) is 13.0. The van der Waals surface area contributed by atoms with E-state index in [1.54, 1.807) is 39.5 Å². The van der Waals surface area contributed by atoms with Crippen LogP contribution in [0, 0.1) is 0 Å². The summed E-state index contributed by atoms with van der Waals surface area (Å²) in [4.78, 5) is 13.1.